The van der Waals surface area contributed by atoms with Gasteiger partial charge in [-0.2, -0.15) is 0 Å². The van der Waals surface area contributed by atoms with Gasteiger partial charge in [0.2, 0.25) is 11.8 Å². The number of carbonyl (C=O) groups is 2. The van der Waals surface area contributed by atoms with Crippen LogP contribution in [0.4, 0.5) is 22.7 Å². The van der Waals surface area contributed by atoms with E-state index in [0.717, 1.165) is 17.1 Å². The van der Waals surface area contributed by atoms with Crippen molar-refractivity contribution < 1.29 is 9.59 Å². The average Bonchev–Trinajstić information content (AvgIpc) is 2.64. The molecule has 4 nitrogen and oxygen atoms in total. The van der Waals surface area contributed by atoms with Gasteiger partial charge in [-0.15, -0.1) is 0 Å². The number of imide groups is 1. The second kappa shape index (κ2) is 7.66. The molecule has 0 saturated heterocycles. The van der Waals surface area contributed by atoms with Crippen LogP contribution in [0.3, 0.4) is 0 Å². The van der Waals surface area contributed by atoms with E-state index in [1.54, 1.807) is 12.1 Å². The van der Waals surface area contributed by atoms with Crippen LogP contribution in [-0.4, -0.2) is 11.8 Å². The Morgan fingerprint density at radius 2 is 0.885 bits per heavy atom. The zero-order valence-corrected chi connectivity index (χ0v) is 14.8. The molecule has 0 spiro atoms. The summed E-state index contributed by atoms with van der Waals surface area (Å²) in [5.41, 5.74) is 3.57. The third kappa shape index (κ3) is 3.64. The summed E-state index contributed by atoms with van der Waals surface area (Å²) in [5, 5.41) is 0. The summed E-state index contributed by atoms with van der Waals surface area (Å²) in [7, 11) is 0. The van der Waals surface area contributed by atoms with Crippen molar-refractivity contribution in [3.63, 3.8) is 0 Å². The molecule has 2 amide bonds. The van der Waals surface area contributed by atoms with Crippen molar-refractivity contribution in [3.8, 4) is 0 Å². The van der Waals surface area contributed by atoms with Gasteiger partial charge in [0.05, 0.1) is 5.69 Å². The number of carbonyl (C=O) groups excluding carboxylic acids is 2. The highest BCUT2D eigenvalue weighted by Gasteiger charge is 2.17. The Labute approximate surface area is 153 Å². The van der Waals surface area contributed by atoms with Gasteiger partial charge < -0.3 is 4.90 Å². The van der Waals surface area contributed by atoms with Crippen LogP contribution in [0.15, 0.2) is 84.9 Å². The van der Waals surface area contributed by atoms with Gasteiger partial charge in [-0.3, -0.25) is 14.5 Å². The van der Waals surface area contributed by atoms with Crippen LogP contribution in [-0.2, 0) is 9.59 Å². The van der Waals surface area contributed by atoms with Crippen LogP contribution < -0.4 is 9.80 Å². The molecule has 130 valence electrons. The van der Waals surface area contributed by atoms with Gasteiger partial charge in [-0.25, -0.2) is 0 Å². The molecule has 0 unspecified atom stereocenters. The Morgan fingerprint density at radius 1 is 0.538 bits per heavy atom. The van der Waals surface area contributed by atoms with E-state index in [1.165, 1.54) is 18.7 Å². The molecular weight excluding hydrogens is 324 g/mol. The molecular formula is C22H20N2O2. The maximum absolute atomic E-state index is 11.7. The Bertz CT molecular complexity index is 837. The molecule has 0 aliphatic carbocycles. The highest BCUT2D eigenvalue weighted by molar-refractivity contribution is 6.13. The molecule has 0 aliphatic heterocycles. The summed E-state index contributed by atoms with van der Waals surface area (Å²) in [6, 6.07) is 27.5. The zero-order chi connectivity index (χ0) is 18.5. The van der Waals surface area contributed by atoms with Gasteiger partial charge >= 0.3 is 0 Å². The Morgan fingerprint density at radius 3 is 1.27 bits per heavy atom. The number of amides is 2. The Balaban J connectivity index is 2.03. The van der Waals surface area contributed by atoms with Crippen molar-refractivity contribution in [3.05, 3.63) is 84.9 Å². The number of benzene rings is 3. The summed E-state index contributed by atoms with van der Waals surface area (Å²) in [6.45, 7) is 2.77. The average molecular weight is 344 g/mol. The van der Waals surface area contributed by atoms with E-state index in [-0.39, 0.29) is 11.8 Å². The van der Waals surface area contributed by atoms with E-state index in [0.29, 0.717) is 5.69 Å². The first kappa shape index (κ1) is 17.4. The summed E-state index contributed by atoms with van der Waals surface area (Å²) in [6.07, 6.45) is 0. The van der Waals surface area contributed by atoms with Crippen LogP contribution in [0.1, 0.15) is 13.8 Å². The molecule has 3 aromatic carbocycles. The molecule has 0 saturated carbocycles. The smallest absolute Gasteiger partial charge is 0.230 e. The first-order valence-electron chi connectivity index (χ1n) is 8.39. The lowest BCUT2D eigenvalue weighted by molar-refractivity contribution is -0.124. The SMILES string of the molecule is CC(=O)N(C(C)=O)c1ccc(N(c2ccccc2)c2ccccc2)cc1. The van der Waals surface area contributed by atoms with Crippen molar-refractivity contribution in [2.45, 2.75) is 13.8 Å². The third-order valence-electron chi connectivity index (χ3n) is 4.02. The van der Waals surface area contributed by atoms with E-state index in [2.05, 4.69) is 4.90 Å². The van der Waals surface area contributed by atoms with Crippen molar-refractivity contribution in [2.24, 2.45) is 0 Å². The quantitative estimate of drug-likeness (QED) is 0.664. The van der Waals surface area contributed by atoms with Gasteiger partial charge in [0.25, 0.3) is 0 Å². The van der Waals surface area contributed by atoms with Crippen molar-refractivity contribution in [1.29, 1.82) is 0 Å². The monoisotopic (exact) mass is 344 g/mol. The molecule has 0 heterocycles. The maximum Gasteiger partial charge on any atom is 0.230 e. The van der Waals surface area contributed by atoms with Gasteiger partial charge in [0.15, 0.2) is 0 Å². The fraction of sp³-hybridized carbons (Fsp3) is 0.0909. The van der Waals surface area contributed by atoms with Crippen LogP contribution in [0, 0.1) is 0 Å². The summed E-state index contributed by atoms with van der Waals surface area (Å²) < 4.78 is 0. The van der Waals surface area contributed by atoms with Gasteiger partial charge in [0, 0.05) is 30.9 Å². The minimum atomic E-state index is -0.298. The Kier molecular flexibility index (Phi) is 5.13. The topological polar surface area (TPSA) is 40.6 Å². The van der Waals surface area contributed by atoms with Crippen molar-refractivity contribution in [2.75, 3.05) is 9.80 Å². The van der Waals surface area contributed by atoms with Gasteiger partial charge in [-0.1, -0.05) is 36.4 Å². The summed E-state index contributed by atoms with van der Waals surface area (Å²) in [4.78, 5) is 26.8. The minimum absolute atomic E-state index is 0.298. The first-order valence-corrected chi connectivity index (χ1v) is 8.39. The van der Waals surface area contributed by atoms with E-state index >= 15 is 0 Å². The Hall–Kier alpha value is -3.40. The minimum Gasteiger partial charge on any atom is -0.311 e. The fourth-order valence-corrected chi connectivity index (χ4v) is 2.94. The third-order valence-corrected chi connectivity index (χ3v) is 4.02. The maximum atomic E-state index is 11.7. The van der Waals surface area contributed by atoms with Gasteiger partial charge in [0.1, 0.15) is 0 Å². The second-order valence-electron chi connectivity index (χ2n) is 5.90. The van der Waals surface area contributed by atoms with Crippen molar-refractivity contribution in [1.82, 2.24) is 0 Å². The molecule has 0 bridgehead atoms. The predicted octanol–water partition coefficient (Wildman–Crippen LogP) is 5.06. The largest absolute Gasteiger partial charge is 0.311 e. The van der Waals surface area contributed by atoms with Crippen LogP contribution >= 0.6 is 0 Å². The zero-order valence-electron chi connectivity index (χ0n) is 14.8. The standard InChI is InChI=1S/C22H20N2O2/c1-17(25)23(18(2)26)21-13-15-22(16-14-21)24(19-9-5-3-6-10-19)20-11-7-4-8-12-20/h3-16H,1-2H3. The molecule has 0 aromatic heterocycles. The molecule has 0 fully saturated rings. The summed E-state index contributed by atoms with van der Waals surface area (Å²) in [5.74, 6) is -0.596. The number of hydrogen-bond donors (Lipinski definition) is 0. The first-order chi connectivity index (χ1) is 12.6. The molecule has 3 aromatic rings. The normalized spacial score (nSPS) is 10.2. The molecule has 0 radical (unpaired) electrons. The van der Waals surface area contributed by atoms with E-state index in [9.17, 15) is 9.59 Å². The highest BCUT2D eigenvalue weighted by atomic mass is 16.2. The predicted molar refractivity (Wildman–Crippen MR) is 105 cm³/mol. The molecule has 0 aliphatic rings. The number of anilines is 4. The second-order valence-corrected chi connectivity index (χ2v) is 5.90. The van der Waals surface area contributed by atoms with Crippen LogP contribution in [0.2, 0.25) is 0 Å². The lowest BCUT2D eigenvalue weighted by atomic mass is 10.1. The number of rotatable bonds is 4. The van der Waals surface area contributed by atoms with E-state index < -0.39 is 0 Å². The molecule has 3 rings (SSSR count). The van der Waals surface area contributed by atoms with Crippen molar-refractivity contribution >= 4 is 34.6 Å². The molecule has 26 heavy (non-hydrogen) atoms. The fourth-order valence-electron chi connectivity index (χ4n) is 2.94. The molecule has 0 atom stereocenters. The lowest BCUT2D eigenvalue weighted by Crippen LogP contribution is -2.32. The van der Waals surface area contributed by atoms with Gasteiger partial charge in [-0.05, 0) is 48.5 Å². The van der Waals surface area contributed by atoms with E-state index in [4.69, 9.17) is 0 Å². The number of para-hydroxylation sites is 2. The number of hydrogen-bond acceptors (Lipinski definition) is 3. The molecule has 4 heteroatoms. The van der Waals surface area contributed by atoms with E-state index in [1.807, 2.05) is 72.8 Å². The number of nitrogens with zero attached hydrogens (tertiary/aromatic N) is 2. The lowest BCUT2D eigenvalue weighted by Gasteiger charge is -2.26. The van der Waals surface area contributed by atoms with Crippen LogP contribution in [0.5, 0.6) is 0 Å². The summed E-state index contributed by atoms with van der Waals surface area (Å²) >= 11 is 0. The molecule has 0 N–H and O–H groups in total. The van der Waals surface area contributed by atoms with Crippen LogP contribution in [0.25, 0.3) is 0 Å². The highest BCUT2D eigenvalue weighted by Crippen LogP contribution is 2.34.